The van der Waals surface area contributed by atoms with Gasteiger partial charge in [-0.05, 0) is 80.5 Å². The maximum Gasteiger partial charge on any atom is 0.174 e. The Labute approximate surface area is 179 Å². The summed E-state index contributed by atoms with van der Waals surface area (Å²) in [5.74, 6) is 0. The van der Waals surface area contributed by atoms with E-state index in [1.807, 2.05) is 18.3 Å². The molecule has 0 spiro atoms. The highest BCUT2D eigenvalue weighted by Gasteiger charge is 2.41. The van der Waals surface area contributed by atoms with Crippen LogP contribution < -0.4 is 10.2 Å². The smallest absolute Gasteiger partial charge is 0.174 e. The van der Waals surface area contributed by atoms with Gasteiger partial charge in [0.1, 0.15) is 0 Å². The van der Waals surface area contributed by atoms with Crippen LogP contribution in [0.25, 0.3) is 0 Å². The number of anilines is 1. The monoisotopic (exact) mass is 454 g/mol. The molecule has 0 saturated carbocycles. The van der Waals surface area contributed by atoms with Gasteiger partial charge in [0.2, 0.25) is 0 Å². The lowest BCUT2D eigenvalue weighted by atomic mass is 9.98. The fourth-order valence-corrected chi connectivity index (χ4v) is 4.27. The minimum Gasteiger partial charge on any atom is -0.351 e. The zero-order valence-corrected chi connectivity index (χ0v) is 18.5. The Kier molecular flexibility index (Phi) is 5.25. The highest BCUT2D eigenvalue weighted by atomic mass is 79.9. The van der Waals surface area contributed by atoms with E-state index in [-0.39, 0.29) is 12.1 Å². The van der Waals surface area contributed by atoms with E-state index in [1.54, 1.807) is 0 Å². The Morgan fingerprint density at radius 1 is 1.18 bits per heavy atom. The van der Waals surface area contributed by atoms with Crippen molar-refractivity contribution in [3.8, 4) is 0 Å². The molecule has 2 aromatic heterocycles. The molecule has 3 aromatic rings. The highest BCUT2D eigenvalue weighted by molar-refractivity contribution is 9.10. The zero-order chi connectivity index (χ0) is 19.8. The number of hydrogen-bond acceptors (Lipinski definition) is 2. The molecular weight excluding hydrogens is 432 g/mol. The van der Waals surface area contributed by atoms with Crippen LogP contribution in [0.3, 0.4) is 0 Å². The first-order valence-electron chi connectivity index (χ1n) is 9.40. The second-order valence-corrected chi connectivity index (χ2v) is 8.66. The fourth-order valence-electron chi connectivity index (χ4n) is 3.68. The van der Waals surface area contributed by atoms with E-state index < -0.39 is 0 Å². The van der Waals surface area contributed by atoms with Gasteiger partial charge in [-0.3, -0.25) is 4.98 Å². The standard InChI is InChI=1S/C22H23BrN4S/c1-14(2)26-11-9-16(13-26)21-20(19-6-4-5-10-24-19)25-22(28)27(21)17-7-8-18(23)15(3)12-17/h4-14,20-21H,1-3H3,(H,25,28)/t20-,21+/m1/s1. The van der Waals surface area contributed by atoms with Gasteiger partial charge in [0.05, 0.1) is 17.8 Å². The maximum absolute atomic E-state index is 5.78. The van der Waals surface area contributed by atoms with Gasteiger partial charge >= 0.3 is 0 Å². The molecule has 144 valence electrons. The molecule has 1 aliphatic rings. The van der Waals surface area contributed by atoms with Crippen molar-refractivity contribution in [1.29, 1.82) is 0 Å². The van der Waals surface area contributed by atoms with Crippen LogP contribution in [0, 0.1) is 6.92 Å². The summed E-state index contributed by atoms with van der Waals surface area (Å²) < 4.78 is 3.33. The van der Waals surface area contributed by atoms with Gasteiger partial charge in [0, 0.05) is 34.8 Å². The number of nitrogens with one attached hydrogen (secondary N) is 1. The Bertz CT molecular complexity index is 999. The fraction of sp³-hybridized carbons (Fsp3) is 0.273. The number of pyridine rings is 1. The molecular formula is C22H23BrN4S. The molecule has 4 nitrogen and oxygen atoms in total. The Hall–Kier alpha value is -2.18. The number of halogens is 1. The Morgan fingerprint density at radius 2 is 2.00 bits per heavy atom. The molecule has 0 unspecified atom stereocenters. The molecule has 1 N–H and O–H groups in total. The Morgan fingerprint density at radius 3 is 2.64 bits per heavy atom. The lowest BCUT2D eigenvalue weighted by molar-refractivity contribution is 0.560. The molecule has 0 aliphatic carbocycles. The van der Waals surface area contributed by atoms with Crippen molar-refractivity contribution >= 4 is 38.9 Å². The molecule has 0 bridgehead atoms. The van der Waals surface area contributed by atoms with E-state index >= 15 is 0 Å². The van der Waals surface area contributed by atoms with Crippen LogP contribution in [0.4, 0.5) is 5.69 Å². The van der Waals surface area contributed by atoms with Crippen molar-refractivity contribution in [2.75, 3.05) is 4.90 Å². The third-order valence-electron chi connectivity index (χ3n) is 5.19. The second kappa shape index (κ2) is 7.68. The largest absolute Gasteiger partial charge is 0.351 e. The average Bonchev–Trinajstić information content (AvgIpc) is 3.29. The molecule has 1 aromatic carbocycles. The first-order valence-corrected chi connectivity index (χ1v) is 10.6. The summed E-state index contributed by atoms with van der Waals surface area (Å²) in [5.41, 5.74) is 4.47. The SMILES string of the molecule is Cc1cc(N2C(=S)N[C@H](c3ccccn3)[C@@H]2c2ccn(C(C)C)c2)ccc1Br. The van der Waals surface area contributed by atoms with Gasteiger partial charge in [0.15, 0.2) is 5.11 Å². The summed E-state index contributed by atoms with van der Waals surface area (Å²) in [6.07, 6.45) is 6.20. The van der Waals surface area contributed by atoms with E-state index in [0.29, 0.717) is 6.04 Å². The van der Waals surface area contributed by atoms with Crippen LogP contribution >= 0.6 is 28.1 Å². The number of rotatable bonds is 4. The second-order valence-electron chi connectivity index (χ2n) is 7.42. The molecule has 6 heteroatoms. The minimum absolute atomic E-state index is 0.0133. The number of hydrogen-bond donors (Lipinski definition) is 1. The van der Waals surface area contributed by atoms with Crippen LogP contribution in [-0.4, -0.2) is 14.7 Å². The average molecular weight is 455 g/mol. The summed E-state index contributed by atoms with van der Waals surface area (Å²) >= 11 is 9.38. The number of aryl methyl sites for hydroxylation is 1. The summed E-state index contributed by atoms with van der Waals surface area (Å²) in [6, 6.07) is 15.0. The predicted octanol–water partition coefficient (Wildman–Crippen LogP) is 5.71. The number of thiocarbonyl (C=S) groups is 1. The molecule has 1 fully saturated rings. The third kappa shape index (κ3) is 3.47. The zero-order valence-electron chi connectivity index (χ0n) is 16.1. The van der Waals surface area contributed by atoms with Gasteiger partial charge < -0.3 is 14.8 Å². The van der Waals surface area contributed by atoms with Crippen molar-refractivity contribution in [1.82, 2.24) is 14.9 Å². The predicted molar refractivity (Wildman–Crippen MR) is 122 cm³/mol. The van der Waals surface area contributed by atoms with Crippen molar-refractivity contribution in [3.63, 3.8) is 0 Å². The summed E-state index contributed by atoms with van der Waals surface area (Å²) in [6.45, 7) is 6.47. The van der Waals surface area contributed by atoms with Crippen LogP contribution in [0.5, 0.6) is 0 Å². The molecule has 1 saturated heterocycles. The molecule has 28 heavy (non-hydrogen) atoms. The van der Waals surface area contributed by atoms with Crippen molar-refractivity contribution in [3.05, 3.63) is 82.3 Å². The van der Waals surface area contributed by atoms with Gasteiger partial charge in [-0.15, -0.1) is 0 Å². The quantitative estimate of drug-likeness (QED) is 0.511. The van der Waals surface area contributed by atoms with E-state index in [2.05, 4.69) is 99.2 Å². The number of aromatic nitrogens is 2. The Balaban J connectivity index is 1.82. The molecule has 0 radical (unpaired) electrons. The number of nitrogens with zero attached hydrogens (tertiary/aromatic N) is 3. The van der Waals surface area contributed by atoms with Crippen LogP contribution in [0.1, 0.15) is 48.8 Å². The third-order valence-corrected chi connectivity index (χ3v) is 6.40. The molecule has 4 rings (SSSR count). The van der Waals surface area contributed by atoms with Gasteiger partial charge in [-0.1, -0.05) is 22.0 Å². The maximum atomic E-state index is 5.78. The van der Waals surface area contributed by atoms with E-state index in [4.69, 9.17) is 12.2 Å². The highest BCUT2D eigenvalue weighted by Crippen LogP contribution is 2.42. The number of benzene rings is 1. The summed E-state index contributed by atoms with van der Waals surface area (Å²) in [5, 5.41) is 4.24. The topological polar surface area (TPSA) is 33.1 Å². The minimum atomic E-state index is -0.0133. The van der Waals surface area contributed by atoms with E-state index in [9.17, 15) is 0 Å². The molecule has 0 amide bonds. The lowest BCUT2D eigenvalue weighted by Gasteiger charge is -2.27. The normalized spacial score (nSPS) is 19.3. The molecule has 3 heterocycles. The van der Waals surface area contributed by atoms with Crippen LogP contribution in [0.2, 0.25) is 0 Å². The lowest BCUT2D eigenvalue weighted by Crippen LogP contribution is -2.29. The van der Waals surface area contributed by atoms with E-state index in [1.165, 1.54) is 11.1 Å². The molecule has 2 atom stereocenters. The van der Waals surface area contributed by atoms with Crippen molar-refractivity contribution < 1.29 is 0 Å². The summed E-state index contributed by atoms with van der Waals surface area (Å²) in [4.78, 5) is 6.83. The first-order chi connectivity index (χ1) is 13.5. The van der Waals surface area contributed by atoms with Crippen LogP contribution in [-0.2, 0) is 0 Å². The first kappa shape index (κ1) is 19.2. The van der Waals surface area contributed by atoms with Crippen LogP contribution in [0.15, 0.2) is 65.5 Å². The molecule has 1 aliphatic heterocycles. The van der Waals surface area contributed by atoms with Crippen molar-refractivity contribution in [2.24, 2.45) is 0 Å². The summed E-state index contributed by atoms with van der Waals surface area (Å²) in [7, 11) is 0. The van der Waals surface area contributed by atoms with Gasteiger partial charge in [-0.2, -0.15) is 0 Å². The van der Waals surface area contributed by atoms with Crippen molar-refractivity contribution in [2.45, 2.75) is 38.9 Å². The van der Waals surface area contributed by atoms with Gasteiger partial charge in [-0.25, -0.2) is 0 Å². The van der Waals surface area contributed by atoms with E-state index in [0.717, 1.165) is 21.0 Å². The van der Waals surface area contributed by atoms with Gasteiger partial charge in [0.25, 0.3) is 0 Å².